The Balaban J connectivity index is 0.000000459. The number of ketones is 1. The van der Waals surface area contributed by atoms with Crippen molar-refractivity contribution < 1.29 is 113 Å². The van der Waals surface area contributed by atoms with Crippen LogP contribution < -0.4 is 0 Å². The summed E-state index contributed by atoms with van der Waals surface area (Å²) in [4.78, 5) is 34.4. The molecule has 0 N–H and O–H groups in total. The smallest absolute Gasteiger partial charge is 0.303 e. The van der Waals surface area contributed by atoms with Crippen LogP contribution in [-0.4, -0.2) is 42.6 Å². The zero-order chi connectivity index (χ0) is 58.8. The molecule has 6 saturated carbocycles. The minimum atomic E-state index is -0.0576. The summed E-state index contributed by atoms with van der Waals surface area (Å²) in [6, 6.07) is 0. The van der Waals surface area contributed by atoms with E-state index in [2.05, 4.69) is 130 Å². The van der Waals surface area contributed by atoms with Crippen LogP contribution in [0.2, 0.25) is 0 Å². The monoisotopic (exact) mass is 1840 g/mol. The second-order valence-electron chi connectivity index (χ2n) is 30.4. The zero-order valence-electron chi connectivity index (χ0n) is 55.6. The summed E-state index contributed by atoms with van der Waals surface area (Å²) < 4.78 is 16.5. The Kier molecular flexibility index (Phi) is 34.1. The fourth-order valence-electron chi connectivity index (χ4n) is 20.1. The van der Waals surface area contributed by atoms with Gasteiger partial charge in [-0.1, -0.05) is 151 Å². The van der Waals surface area contributed by atoms with E-state index in [9.17, 15) is 14.4 Å². The Bertz CT molecular complexity index is 1970. The molecule has 0 aromatic heterocycles. The summed E-state index contributed by atoms with van der Waals surface area (Å²) in [6.45, 7) is 49.5. The van der Waals surface area contributed by atoms with Crippen molar-refractivity contribution in [2.75, 3.05) is 6.61 Å². The summed E-state index contributed by atoms with van der Waals surface area (Å²) in [7, 11) is 0. The Morgan fingerprint density at radius 1 is 0.548 bits per heavy atom. The maximum absolute atomic E-state index is 12.1. The van der Waals surface area contributed by atoms with E-state index in [1.807, 2.05) is 0 Å². The number of esters is 2. The second-order valence-corrected chi connectivity index (χ2v) is 30.4. The molecule has 7 fully saturated rings. The molecule has 10 heteroatoms. The van der Waals surface area contributed by atoms with E-state index in [1.165, 1.54) is 122 Å². The SMILES string of the molecule is C=CC(=O)CC[CH2-].[CH2-]CC1CO1.[CH2-]CCC(=O)O[C@H]1CC[C@@]2(C)C(=CC[C@@]3(C)[C@@H]4CC[C@H]([C@H](C)CCCC(C)C)[C@@]4(C)CC[C@@H]32)C1.[CH2-]CCC(=O)O[C@H]1CC[C@@]2(C)C(=CC[C@@]3(C)[C@@H]4CC[C@H]([C@H](C)CCCC(C)C)[C@@]4(C)CC[C@@H]32)C1.[W].[W].[W].[W]. The summed E-state index contributed by atoms with van der Waals surface area (Å²) >= 11 is 0. The number of carbonyl (C=O) groups is 3. The van der Waals surface area contributed by atoms with Gasteiger partial charge in [-0.15, -0.1) is 0 Å². The molecule has 84 heavy (non-hydrogen) atoms. The third-order valence-electron chi connectivity index (χ3n) is 24.4. The van der Waals surface area contributed by atoms with Crippen molar-refractivity contribution >= 4 is 17.7 Å². The van der Waals surface area contributed by atoms with Gasteiger partial charge in [0.1, 0.15) is 12.2 Å². The van der Waals surface area contributed by atoms with Gasteiger partial charge in [-0.3, -0.25) is 14.4 Å². The van der Waals surface area contributed by atoms with Crippen LogP contribution in [0, 0.1) is 119 Å². The van der Waals surface area contributed by atoms with Gasteiger partial charge < -0.3 is 41.9 Å². The molecule has 0 spiro atoms. The van der Waals surface area contributed by atoms with Gasteiger partial charge in [-0.05, 0) is 194 Å². The van der Waals surface area contributed by atoms with E-state index in [0.29, 0.717) is 77.1 Å². The van der Waals surface area contributed by atoms with Crippen molar-refractivity contribution in [1.82, 2.24) is 0 Å². The molecule has 0 bridgehead atoms. The zero-order valence-corrected chi connectivity index (χ0v) is 67.3. The Hall–Kier alpha value is 0.543. The Morgan fingerprint density at radius 3 is 1.23 bits per heavy atom. The van der Waals surface area contributed by atoms with Crippen molar-refractivity contribution in [2.45, 2.75) is 288 Å². The number of fused-ring (bicyclic) bond motifs is 10. The molecule has 1 aliphatic heterocycles. The van der Waals surface area contributed by atoms with Gasteiger partial charge in [0.05, 0.1) is 12.7 Å². The fourth-order valence-corrected chi connectivity index (χ4v) is 20.1. The number of allylic oxidation sites excluding steroid dienone is 3. The fraction of sp³-hybridized carbons (Fsp3) is 0.824. The molecular formula is C74H122O6W4-4. The van der Waals surface area contributed by atoms with Crippen LogP contribution >= 0.6 is 0 Å². The Morgan fingerprint density at radius 2 is 0.929 bits per heavy atom. The number of hydrogen-bond acceptors (Lipinski definition) is 6. The molecule has 0 radical (unpaired) electrons. The first kappa shape index (κ1) is 80.6. The first-order chi connectivity index (χ1) is 37.8. The third-order valence-corrected chi connectivity index (χ3v) is 24.4. The number of epoxide rings is 1. The van der Waals surface area contributed by atoms with Gasteiger partial charge in [-0.25, -0.2) is 0 Å². The summed E-state index contributed by atoms with van der Waals surface area (Å²) in [5.41, 5.74) is 5.69. The molecule has 8 aliphatic carbocycles. The van der Waals surface area contributed by atoms with Gasteiger partial charge in [0.2, 0.25) is 0 Å². The van der Waals surface area contributed by atoms with Crippen molar-refractivity contribution in [2.24, 2.45) is 91.7 Å². The molecule has 482 valence electrons. The van der Waals surface area contributed by atoms with Crippen LogP contribution in [0.3, 0.4) is 0 Å². The molecule has 17 atom stereocenters. The molecule has 9 aliphatic rings. The maximum atomic E-state index is 12.1. The second kappa shape index (κ2) is 35.5. The maximum Gasteiger partial charge on any atom is 0.303 e. The van der Waals surface area contributed by atoms with Gasteiger partial charge in [0, 0.05) is 110 Å². The van der Waals surface area contributed by atoms with Gasteiger partial charge >= 0.3 is 11.9 Å². The summed E-state index contributed by atoms with van der Waals surface area (Å²) in [5.74, 6) is 8.45. The van der Waals surface area contributed by atoms with Crippen LogP contribution in [0.4, 0.5) is 0 Å². The molecule has 0 aromatic carbocycles. The first-order valence-electron chi connectivity index (χ1n) is 33.5. The summed E-state index contributed by atoms with van der Waals surface area (Å²) in [5, 5.41) is 0. The van der Waals surface area contributed by atoms with Crippen LogP contribution in [0.15, 0.2) is 36.0 Å². The number of hydrogen-bond donors (Lipinski definition) is 0. The number of rotatable bonds is 20. The summed E-state index contributed by atoms with van der Waals surface area (Å²) in [6.07, 6.45) is 40.1. The largest absolute Gasteiger partial charge is 0.462 e. The predicted molar refractivity (Wildman–Crippen MR) is 334 cm³/mol. The average molecular weight is 1840 g/mol. The minimum Gasteiger partial charge on any atom is -0.462 e. The van der Waals surface area contributed by atoms with Gasteiger partial charge in [0.25, 0.3) is 0 Å². The predicted octanol–water partition coefficient (Wildman–Crippen LogP) is 19.8. The van der Waals surface area contributed by atoms with Crippen molar-refractivity contribution in [3.05, 3.63) is 63.6 Å². The van der Waals surface area contributed by atoms with Crippen LogP contribution in [-0.2, 0) is 113 Å². The molecule has 6 nitrogen and oxygen atoms in total. The molecule has 1 unspecified atom stereocenters. The molecule has 1 heterocycles. The van der Waals surface area contributed by atoms with Crippen LogP contribution in [0.25, 0.3) is 0 Å². The van der Waals surface area contributed by atoms with Crippen molar-refractivity contribution in [3.8, 4) is 0 Å². The van der Waals surface area contributed by atoms with Crippen molar-refractivity contribution in [1.29, 1.82) is 0 Å². The van der Waals surface area contributed by atoms with E-state index in [-0.39, 0.29) is 114 Å². The quantitative estimate of drug-likeness (QED) is 0.0397. The molecule has 9 rings (SSSR count). The van der Waals surface area contributed by atoms with Crippen LogP contribution in [0.1, 0.15) is 269 Å². The van der Waals surface area contributed by atoms with Gasteiger partial charge in [-0.2, -0.15) is 25.7 Å². The number of carbonyl (C=O) groups excluding carboxylic acids is 3. The van der Waals surface area contributed by atoms with Crippen LogP contribution in [0.5, 0.6) is 0 Å². The average Bonchev–Trinajstić information content (AvgIpc) is 2.87. The minimum absolute atomic E-state index is 0. The van der Waals surface area contributed by atoms with E-state index in [1.54, 1.807) is 11.1 Å². The standard InChI is InChI=1S/2C32H53O2.C6H9O.C4H7O.4W/c2*1-8-10-29(33)34-25-16-19-30(5)24(21-25)15-18-32(7)27-14-13-26(23(4)12-9-11-22(2)3)31(27,6)20-17-28(30)32;1-3-5-6(7)4-2;1-2-4-3-5-4;;;;/h2*15,22-23,25-28H,1,8-14,16-21H2,2-7H3;4H,1-3,5H2;4H,1-3H2;;;;/q4*-1;;;;/t2*23-,25+,26-,27-,28-,30+,31-,32+;;;;;;/m11....../s1. The molecular weight excluding hydrogens is 1720 g/mol. The molecule has 0 aromatic rings. The van der Waals surface area contributed by atoms with E-state index >= 15 is 0 Å². The number of ether oxygens (including phenoxy) is 3. The van der Waals surface area contributed by atoms with Gasteiger partial charge in [0.15, 0.2) is 5.78 Å². The normalized spacial score (nSPS) is 37.0. The molecule has 1 saturated heterocycles. The Labute approximate surface area is 575 Å². The first-order valence-corrected chi connectivity index (χ1v) is 33.5. The van der Waals surface area contributed by atoms with Crippen molar-refractivity contribution in [3.63, 3.8) is 0 Å². The topological polar surface area (TPSA) is 82.2 Å². The third kappa shape index (κ3) is 18.9. The van der Waals surface area contributed by atoms with E-state index in [4.69, 9.17) is 14.2 Å². The van der Waals surface area contributed by atoms with E-state index in [0.717, 1.165) is 97.9 Å². The van der Waals surface area contributed by atoms with E-state index < -0.39 is 0 Å². The molecule has 0 amide bonds.